The molecule has 2 rings (SSSR count). The van der Waals surface area contributed by atoms with Gasteiger partial charge in [-0.2, -0.15) is 0 Å². The van der Waals surface area contributed by atoms with Gasteiger partial charge in [-0.25, -0.2) is 0 Å². The summed E-state index contributed by atoms with van der Waals surface area (Å²) in [6.07, 6.45) is 3.55. The maximum atomic E-state index is 12.1. The number of halogens is 1. The maximum Gasteiger partial charge on any atom is 0.251 e. The molecule has 1 amide bonds. The van der Waals surface area contributed by atoms with E-state index in [1.165, 1.54) is 0 Å². The minimum atomic E-state index is -0.0316. The quantitative estimate of drug-likeness (QED) is 0.299. The van der Waals surface area contributed by atoms with Crippen molar-refractivity contribution in [3.8, 4) is 0 Å². The number of aromatic nitrogens is 1. The van der Waals surface area contributed by atoms with Crippen LogP contribution in [0.15, 0.2) is 53.7 Å². The second-order valence-corrected chi connectivity index (χ2v) is 6.40. The molecule has 0 saturated heterocycles. The number of nitrogens with zero attached hydrogens (tertiary/aromatic N) is 2. The number of aliphatic imine (C=N–C) groups is 1. The normalized spacial score (nSPS) is 11.9. The van der Waals surface area contributed by atoms with Gasteiger partial charge in [0.05, 0.1) is 0 Å². The fraction of sp³-hybridized carbons (Fsp3) is 0.381. The Morgan fingerprint density at radius 3 is 2.50 bits per heavy atom. The van der Waals surface area contributed by atoms with E-state index in [1.807, 2.05) is 49.4 Å². The predicted octanol–water partition coefficient (Wildman–Crippen LogP) is 3.14. The third-order valence-corrected chi connectivity index (χ3v) is 4.29. The molecule has 1 aromatic carbocycles. The average Bonchev–Trinajstić information content (AvgIpc) is 2.71. The summed E-state index contributed by atoms with van der Waals surface area (Å²) in [5.74, 6) is 0.709. The second kappa shape index (κ2) is 13.1. The lowest BCUT2D eigenvalue weighted by molar-refractivity contribution is 0.0939. The van der Waals surface area contributed by atoms with E-state index in [1.54, 1.807) is 13.2 Å². The van der Waals surface area contributed by atoms with Crippen LogP contribution in [-0.4, -0.2) is 36.5 Å². The van der Waals surface area contributed by atoms with Gasteiger partial charge in [-0.3, -0.25) is 14.8 Å². The van der Waals surface area contributed by atoms with Crippen molar-refractivity contribution in [2.75, 3.05) is 13.6 Å². The number of hydrogen-bond donors (Lipinski definition) is 3. The van der Waals surface area contributed by atoms with E-state index in [4.69, 9.17) is 0 Å². The molecule has 2 aromatic rings. The Balaban J connectivity index is 0.00000392. The fourth-order valence-corrected chi connectivity index (χ4v) is 2.44. The van der Waals surface area contributed by atoms with Crippen LogP contribution in [0.25, 0.3) is 0 Å². The molecule has 0 fully saturated rings. The molecule has 28 heavy (non-hydrogen) atoms. The molecule has 7 heteroatoms. The lowest BCUT2D eigenvalue weighted by Gasteiger charge is -2.13. The number of carbonyl (C=O) groups excluding carboxylic acids is 1. The van der Waals surface area contributed by atoms with Gasteiger partial charge in [0.2, 0.25) is 0 Å². The summed E-state index contributed by atoms with van der Waals surface area (Å²) < 4.78 is 0. The molecule has 0 aliphatic rings. The van der Waals surface area contributed by atoms with Crippen LogP contribution in [0.2, 0.25) is 0 Å². The van der Waals surface area contributed by atoms with Gasteiger partial charge in [0.25, 0.3) is 5.91 Å². The molecule has 0 spiro atoms. The topological polar surface area (TPSA) is 78.4 Å². The van der Waals surface area contributed by atoms with Gasteiger partial charge < -0.3 is 16.0 Å². The van der Waals surface area contributed by atoms with Crippen LogP contribution < -0.4 is 16.0 Å². The first-order valence-electron chi connectivity index (χ1n) is 9.36. The van der Waals surface area contributed by atoms with E-state index in [0.717, 1.165) is 36.6 Å². The smallest absolute Gasteiger partial charge is 0.251 e. The molecule has 1 aromatic heterocycles. The van der Waals surface area contributed by atoms with E-state index in [-0.39, 0.29) is 35.9 Å². The highest BCUT2D eigenvalue weighted by molar-refractivity contribution is 14.0. The number of pyridine rings is 1. The van der Waals surface area contributed by atoms with Crippen LogP contribution in [0.3, 0.4) is 0 Å². The summed E-state index contributed by atoms with van der Waals surface area (Å²) in [4.78, 5) is 20.7. The lowest BCUT2D eigenvalue weighted by Crippen LogP contribution is -2.38. The van der Waals surface area contributed by atoms with E-state index in [0.29, 0.717) is 12.1 Å². The summed E-state index contributed by atoms with van der Waals surface area (Å²) in [5.41, 5.74) is 2.81. The molecule has 1 atom stereocenters. The van der Waals surface area contributed by atoms with Crippen molar-refractivity contribution in [1.82, 2.24) is 20.9 Å². The van der Waals surface area contributed by atoms with Crippen molar-refractivity contribution in [3.05, 3.63) is 65.5 Å². The standard InChI is InChI=1S/C21H29N5O.HI/c1-4-16(2)26-20(27)18-10-8-17(9-11-18)15-25-21(22-3)24-14-12-19-7-5-6-13-23-19;/h5-11,13,16H,4,12,14-15H2,1-3H3,(H,26,27)(H2,22,24,25);1H. The van der Waals surface area contributed by atoms with Crippen LogP contribution in [0.1, 0.15) is 41.9 Å². The molecule has 3 N–H and O–H groups in total. The van der Waals surface area contributed by atoms with Gasteiger partial charge in [-0.05, 0) is 43.2 Å². The molecule has 1 heterocycles. The third kappa shape index (κ3) is 8.24. The van der Waals surface area contributed by atoms with Crippen molar-refractivity contribution in [2.24, 2.45) is 4.99 Å². The highest BCUT2D eigenvalue weighted by Crippen LogP contribution is 2.05. The number of amides is 1. The first kappa shape index (κ1) is 23.9. The molecule has 152 valence electrons. The SMILES string of the molecule is CCC(C)NC(=O)c1ccc(CNC(=NC)NCCc2ccccn2)cc1.I. The lowest BCUT2D eigenvalue weighted by atomic mass is 10.1. The van der Waals surface area contributed by atoms with Gasteiger partial charge in [-0.15, -0.1) is 24.0 Å². The van der Waals surface area contributed by atoms with Crippen LogP contribution in [-0.2, 0) is 13.0 Å². The summed E-state index contributed by atoms with van der Waals surface area (Å²) >= 11 is 0. The number of guanidine groups is 1. The van der Waals surface area contributed by atoms with Crippen LogP contribution >= 0.6 is 24.0 Å². The third-order valence-electron chi connectivity index (χ3n) is 4.29. The Morgan fingerprint density at radius 2 is 1.89 bits per heavy atom. The monoisotopic (exact) mass is 495 g/mol. The molecule has 0 saturated carbocycles. The largest absolute Gasteiger partial charge is 0.356 e. The van der Waals surface area contributed by atoms with Crippen LogP contribution in [0.5, 0.6) is 0 Å². The fourth-order valence-electron chi connectivity index (χ4n) is 2.44. The minimum Gasteiger partial charge on any atom is -0.356 e. The van der Waals surface area contributed by atoms with Crippen molar-refractivity contribution in [1.29, 1.82) is 0 Å². The minimum absolute atomic E-state index is 0. The summed E-state index contributed by atoms with van der Waals surface area (Å²) in [7, 11) is 1.75. The molecule has 0 aliphatic heterocycles. The van der Waals surface area contributed by atoms with E-state index in [2.05, 4.69) is 32.9 Å². The Labute approximate surface area is 184 Å². The molecule has 0 bridgehead atoms. The molecule has 0 radical (unpaired) electrons. The van der Waals surface area contributed by atoms with Crippen LogP contribution in [0.4, 0.5) is 0 Å². The summed E-state index contributed by atoms with van der Waals surface area (Å²) in [5, 5.41) is 9.53. The highest BCUT2D eigenvalue weighted by atomic mass is 127. The number of rotatable bonds is 8. The van der Waals surface area contributed by atoms with Crippen molar-refractivity contribution < 1.29 is 4.79 Å². The zero-order valence-corrected chi connectivity index (χ0v) is 19.1. The number of carbonyl (C=O) groups is 1. The Bertz CT molecular complexity index is 734. The zero-order chi connectivity index (χ0) is 19.5. The number of hydrogen-bond acceptors (Lipinski definition) is 3. The summed E-state index contributed by atoms with van der Waals surface area (Å²) in [6, 6.07) is 13.7. The Kier molecular flexibility index (Phi) is 11.2. The molecular weight excluding hydrogens is 465 g/mol. The maximum absolute atomic E-state index is 12.1. The Hall–Kier alpha value is -2.16. The molecule has 0 aliphatic carbocycles. The average molecular weight is 495 g/mol. The van der Waals surface area contributed by atoms with Crippen molar-refractivity contribution in [2.45, 2.75) is 39.3 Å². The predicted molar refractivity (Wildman–Crippen MR) is 125 cm³/mol. The summed E-state index contributed by atoms with van der Waals surface area (Å²) in [6.45, 7) is 5.45. The second-order valence-electron chi connectivity index (χ2n) is 6.40. The number of benzene rings is 1. The molecule has 6 nitrogen and oxygen atoms in total. The zero-order valence-electron chi connectivity index (χ0n) is 16.7. The van der Waals surface area contributed by atoms with E-state index >= 15 is 0 Å². The van der Waals surface area contributed by atoms with Gasteiger partial charge >= 0.3 is 0 Å². The Morgan fingerprint density at radius 1 is 1.14 bits per heavy atom. The van der Waals surface area contributed by atoms with Crippen LogP contribution in [0, 0.1) is 0 Å². The van der Waals surface area contributed by atoms with Gasteiger partial charge in [0, 0.05) is 50.1 Å². The highest BCUT2D eigenvalue weighted by Gasteiger charge is 2.08. The first-order valence-corrected chi connectivity index (χ1v) is 9.36. The van der Waals surface area contributed by atoms with Crippen molar-refractivity contribution in [3.63, 3.8) is 0 Å². The molecular formula is C21H30IN5O. The van der Waals surface area contributed by atoms with Gasteiger partial charge in [0.15, 0.2) is 5.96 Å². The van der Waals surface area contributed by atoms with Gasteiger partial charge in [0.1, 0.15) is 0 Å². The van der Waals surface area contributed by atoms with Gasteiger partial charge in [-0.1, -0.05) is 25.1 Å². The van der Waals surface area contributed by atoms with Crippen molar-refractivity contribution >= 4 is 35.8 Å². The number of nitrogens with one attached hydrogen (secondary N) is 3. The van der Waals surface area contributed by atoms with E-state index < -0.39 is 0 Å². The van der Waals surface area contributed by atoms with E-state index in [9.17, 15) is 4.79 Å². The molecule has 1 unspecified atom stereocenters. The first-order chi connectivity index (χ1) is 13.1.